The van der Waals surface area contributed by atoms with Crippen molar-refractivity contribution in [2.24, 2.45) is 4.99 Å². The minimum absolute atomic E-state index is 0.118. The fraction of sp³-hybridized carbons (Fsp3) is 0.611. The summed E-state index contributed by atoms with van der Waals surface area (Å²) in [4.78, 5) is 22.9. The zero-order valence-electron chi connectivity index (χ0n) is 15.5. The molecule has 0 aliphatic carbocycles. The third-order valence-corrected chi connectivity index (χ3v) is 3.98. The smallest absolute Gasteiger partial charge is 0.252 e. The molecule has 0 saturated carbocycles. The van der Waals surface area contributed by atoms with Crippen LogP contribution in [-0.2, 0) is 4.74 Å². The molecule has 0 unspecified atom stereocenters. The molecule has 2 rings (SSSR count). The molecule has 1 saturated heterocycles. The van der Waals surface area contributed by atoms with Gasteiger partial charge in [0.2, 0.25) is 0 Å². The highest BCUT2D eigenvalue weighted by Crippen LogP contribution is 1.98. The fourth-order valence-electron chi connectivity index (χ4n) is 2.61. The first-order valence-electron chi connectivity index (χ1n) is 9.30. The molecule has 0 radical (unpaired) electrons. The summed E-state index contributed by atoms with van der Waals surface area (Å²) in [6.07, 6.45) is 4.23. The topological polar surface area (TPSA) is 90.9 Å². The summed E-state index contributed by atoms with van der Waals surface area (Å²) in [5.41, 5.74) is 0.566. The summed E-state index contributed by atoms with van der Waals surface area (Å²) in [5.74, 6) is 0.664. The molecule has 8 heteroatoms. The number of hydrogen-bond acceptors (Lipinski definition) is 5. The number of pyridine rings is 1. The number of nitrogens with one attached hydrogen (secondary N) is 3. The molecule has 1 aromatic rings. The average Bonchev–Trinajstić information content (AvgIpc) is 2.69. The Bertz CT molecular complexity index is 546. The monoisotopic (exact) mass is 362 g/mol. The zero-order valence-corrected chi connectivity index (χ0v) is 15.5. The second-order valence-corrected chi connectivity index (χ2v) is 5.99. The van der Waals surface area contributed by atoms with Crippen LogP contribution in [0, 0.1) is 0 Å². The van der Waals surface area contributed by atoms with Gasteiger partial charge >= 0.3 is 0 Å². The van der Waals surface area contributed by atoms with Crippen LogP contribution in [0.15, 0.2) is 29.5 Å². The highest BCUT2D eigenvalue weighted by Gasteiger charge is 2.09. The number of hydrogen-bond donors (Lipinski definition) is 3. The first kappa shape index (κ1) is 20.1. The second-order valence-electron chi connectivity index (χ2n) is 5.99. The minimum Gasteiger partial charge on any atom is -0.379 e. The van der Waals surface area contributed by atoms with Gasteiger partial charge in [0.05, 0.1) is 18.8 Å². The van der Waals surface area contributed by atoms with E-state index in [1.807, 2.05) is 6.92 Å². The van der Waals surface area contributed by atoms with Crippen LogP contribution in [0.5, 0.6) is 0 Å². The first-order chi connectivity index (χ1) is 12.8. The lowest BCUT2D eigenvalue weighted by Gasteiger charge is -2.26. The normalized spacial score (nSPS) is 15.5. The number of nitrogens with zero attached hydrogens (tertiary/aromatic N) is 3. The van der Waals surface area contributed by atoms with Gasteiger partial charge in [0.15, 0.2) is 5.96 Å². The molecule has 144 valence electrons. The van der Waals surface area contributed by atoms with Crippen molar-refractivity contribution in [3.05, 3.63) is 30.1 Å². The largest absolute Gasteiger partial charge is 0.379 e. The van der Waals surface area contributed by atoms with Crippen molar-refractivity contribution in [2.75, 3.05) is 59.0 Å². The van der Waals surface area contributed by atoms with Crippen LogP contribution in [0.3, 0.4) is 0 Å². The van der Waals surface area contributed by atoms with Crippen LogP contribution < -0.4 is 16.0 Å². The predicted molar refractivity (Wildman–Crippen MR) is 102 cm³/mol. The van der Waals surface area contributed by atoms with Crippen molar-refractivity contribution in [1.29, 1.82) is 0 Å². The first-order valence-corrected chi connectivity index (χ1v) is 9.30. The Hall–Kier alpha value is -2.19. The molecular formula is C18H30N6O2. The minimum atomic E-state index is -0.118. The van der Waals surface area contributed by atoms with E-state index >= 15 is 0 Å². The van der Waals surface area contributed by atoms with Crippen molar-refractivity contribution in [3.8, 4) is 0 Å². The molecule has 1 aliphatic rings. The van der Waals surface area contributed by atoms with Crippen molar-refractivity contribution in [2.45, 2.75) is 13.3 Å². The van der Waals surface area contributed by atoms with E-state index in [-0.39, 0.29) is 5.91 Å². The lowest BCUT2D eigenvalue weighted by molar-refractivity contribution is 0.0377. The van der Waals surface area contributed by atoms with Gasteiger partial charge < -0.3 is 20.7 Å². The molecule has 2 heterocycles. The molecule has 0 spiro atoms. The Morgan fingerprint density at radius 2 is 2.08 bits per heavy atom. The second kappa shape index (κ2) is 12.2. The van der Waals surface area contributed by atoms with Crippen LogP contribution in [0.4, 0.5) is 0 Å². The predicted octanol–water partition coefficient (Wildman–Crippen LogP) is 0.0888. The molecule has 3 N–H and O–H groups in total. The van der Waals surface area contributed by atoms with Crippen molar-refractivity contribution in [1.82, 2.24) is 25.8 Å². The number of morpholine rings is 1. The molecule has 1 fully saturated rings. The van der Waals surface area contributed by atoms with E-state index in [1.54, 1.807) is 24.5 Å². The van der Waals surface area contributed by atoms with E-state index in [4.69, 9.17) is 4.74 Å². The number of rotatable bonds is 9. The maximum Gasteiger partial charge on any atom is 0.252 e. The molecular weight excluding hydrogens is 332 g/mol. The van der Waals surface area contributed by atoms with Gasteiger partial charge in [0.1, 0.15) is 0 Å². The highest BCUT2D eigenvalue weighted by molar-refractivity contribution is 5.93. The molecule has 0 bridgehead atoms. The van der Waals surface area contributed by atoms with Crippen LogP contribution in [-0.4, -0.2) is 80.8 Å². The molecule has 1 amide bonds. The number of amides is 1. The number of guanidine groups is 1. The van der Waals surface area contributed by atoms with Gasteiger partial charge in [-0.3, -0.25) is 19.7 Å². The number of carbonyl (C=O) groups excluding carboxylic acids is 1. The van der Waals surface area contributed by atoms with Gasteiger partial charge in [-0.15, -0.1) is 0 Å². The Morgan fingerprint density at radius 1 is 1.27 bits per heavy atom. The van der Waals surface area contributed by atoms with Crippen LogP contribution >= 0.6 is 0 Å². The van der Waals surface area contributed by atoms with E-state index < -0.39 is 0 Å². The maximum absolute atomic E-state index is 11.9. The molecule has 1 aliphatic heterocycles. The van der Waals surface area contributed by atoms with Crippen LogP contribution in [0.2, 0.25) is 0 Å². The van der Waals surface area contributed by atoms with Crippen LogP contribution in [0.1, 0.15) is 23.7 Å². The number of carbonyl (C=O) groups is 1. The Balaban J connectivity index is 1.62. The van der Waals surface area contributed by atoms with E-state index in [9.17, 15) is 4.79 Å². The van der Waals surface area contributed by atoms with E-state index in [2.05, 4.69) is 30.8 Å². The third-order valence-electron chi connectivity index (χ3n) is 3.98. The lowest BCUT2D eigenvalue weighted by atomic mass is 10.3. The number of ether oxygens (including phenoxy) is 1. The quantitative estimate of drug-likeness (QED) is 0.328. The standard InChI is InChI=1S/C18H30N6O2/c1-2-20-18(22-7-4-10-24-11-13-26-14-12-24)23-9-8-21-17(25)16-5-3-6-19-15-16/h3,5-6,15H,2,4,7-14H2,1H3,(H,21,25)(H2,20,22,23). The fourth-order valence-corrected chi connectivity index (χ4v) is 2.61. The van der Waals surface area contributed by atoms with E-state index in [0.29, 0.717) is 18.7 Å². The average molecular weight is 362 g/mol. The number of aromatic nitrogens is 1. The van der Waals surface area contributed by atoms with Gasteiger partial charge in [-0.1, -0.05) is 0 Å². The summed E-state index contributed by atoms with van der Waals surface area (Å²) in [6.45, 7) is 9.48. The van der Waals surface area contributed by atoms with Crippen molar-refractivity contribution >= 4 is 11.9 Å². The summed E-state index contributed by atoms with van der Waals surface area (Å²) in [7, 11) is 0. The Labute approximate surface area is 155 Å². The molecule has 26 heavy (non-hydrogen) atoms. The third kappa shape index (κ3) is 7.79. The lowest BCUT2D eigenvalue weighted by Crippen LogP contribution is -2.41. The van der Waals surface area contributed by atoms with E-state index in [0.717, 1.165) is 58.3 Å². The summed E-state index contributed by atoms with van der Waals surface area (Å²) in [6, 6.07) is 3.50. The van der Waals surface area contributed by atoms with Gasteiger partial charge in [-0.2, -0.15) is 0 Å². The summed E-state index contributed by atoms with van der Waals surface area (Å²) in [5, 5.41) is 9.33. The molecule has 0 atom stereocenters. The number of aliphatic imine (C=N–C) groups is 1. The van der Waals surface area contributed by atoms with Gasteiger partial charge in [-0.05, 0) is 25.5 Å². The Morgan fingerprint density at radius 3 is 2.81 bits per heavy atom. The Kier molecular flexibility index (Phi) is 9.45. The van der Waals surface area contributed by atoms with Gasteiger partial charge in [0.25, 0.3) is 5.91 Å². The zero-order chi connectivity index (χ0) is 18.5. The summed E-state index contributed by atoms with van der Waals surface area (Å²) >= 11 is 0. The van der Waals surface area contributed by atoms with Gasteiger partial charge in [0, 0.05) is 58.2 Å². The molecule has 0 aromatic carbocycles. The van der Waals surface area contributed by atoms with Crippen LogP contribution in [0.25, 0.3) is 0 Å². The van der Waals surface area contributed by atoms with Gasteiger partial charge in [-0.25, -0.2) is 0 Å². The molecule has 8 nitrogen and oxygen atoms in total. The van der Waals surface area contributed by atoms with Crippen molar-refractivity contribution in [3.63, 3.8) is 0 Å². The SMILES string of the molecule is CCNC(=NCCCN1CCOCC1)NCCNC(=O)c1cccnc1. The van der Waals surface area contributed by atoms with Crippen molar-refractivity contribution < 1.29 is 9.53 Å². The summed E-state index contributed by atoms with van der Waals surface area (Å²) < 4.78 is 5.35. The molecule has 1 aromatic heterocycles. The maximum atomic E-state index is 11.9. The highest BCUT2D eigenvalue weighted by atomic mass is 16.5. The van der Waals surface area contributed by atoms with E-state index in [1.165, 1.54) is 0 Å².